The van der Waals surface area contributed by atoms with Crippen molar-refractivity contribution in [2.45, 2.75) is 51.5 Å². The van der Waals surface area contributed by atoms with Crippen LogP contribution in [0.3, 0.4) is 0 Å². The molecule has 1 N–H and O–H groups in total. The molecule has 1 aliphatic heterocycles. The highest BCUT2D eigenvalue weighted by Crippen LogP contribution is 2.28. The zero-order chi connectivity index (χ0) is 24.6. The topological polar surface area (TPSA) is 44.8 Å². The molecule has 0 unspecified atom stereocenters. The maximum Gasteiger partial charge on any atom is 0.224 e. The van der Waals surface area contributed by atoms with Gasteiger partial charge in [-0.15, -0.1) is 0 Å². The number of halogens is 1. The van der Waals surface area contributed by atoms with Gasteiger partial charge in [-0.05, 0) is 56.0 Å². The van der Waals surface area contributed by atoms with Crippen molar-refractivity contribution in [3.05, 3.63) is 53.8 Å². The molecule has 2 aromatic carbocycles. The zero-order valence-corrected chi connectivity index (χ0v) is 21.3. The van der Waals surface area contributed by atoms with Crippen molar-refractivity contribution >= 4 is 5.91 Å². The zero-order valence-electron chi connectivity index (χ0n) is 21.3. The Balaban J connectivity index is 1.30. The fourth-order valence-electron chi connectivity index (χ4n) is 5.28. The number of carbonyl (C=O) groups excluding carboxylic acids is 1. The molecule has 0 aromatic heterocycles. The van der Waals surface area contributed by atoms with Crippen LogP contribution in [0.15, 0.2) is 42.5 Å². The molecule has 0 bridgehead atoms. The monoisotopic (exact) mass is 481 g/mol. The van der Waals surface area contributed by atoms with Gasteiger partial charge >= 0.3 is 0 Å². The summed E-state index contributed by atoms with van der Waals surface area (Å²) < 4.78 is 20.8. The molecule has 6 heteroatoms. The lowest BCUT2D eigenvalue weighted by Gasteiger charge is -2.32. The van der Waals surface area contributed by atoms with Crippen LogP contribution < -0.4 is 10.1 Å². The summed E-state index contributed by atoms with van der Waals surface area (Å²) in [5, 5.41) is 3.19. The van der Waals surface area contributed by atoms with E-state index in [1.807, 2.05) is 30.3 Å². The second-order valence-corrected chi connectivity index (χ2v) is 10.3. The largest absolute Gasteiger partial charge is 0.492 e. The third-order valence-corrected chi connectivity index (χ3v) is 7.56. The number of nitrogens with zero attached hydrogens (tertiary/aromatic N) is 2. The van der Waals surface area contributed by atoms with Crippen LogP contribution in [0.5, 0.6) is 5.75 Å². The Kier molecular flexibility index (Phi) is 9.16. The SMILES string of the molecule is C[C@H](NC(=O)Cc1cccc(-c2ccc(OCCN3CCN(C)CC3)cc2F)c1)C1CCCCC1. The van der Waals surface area contributed by atoms with E-state index in [1.54, 1.807) is 6.07 Å². The Bertz CT molecular complexity index is 968. The van der Waals surface area contributed by atoms with E-state index >= 15 is 0 Å². The summed E-state index contributed by atoms with van der Waals surface area (Å²) in [5.74, 6) is 0.849. The van der Waals surface area contributed by atoms with E-state index in [-0.39, 0.29) is 17.8 Å². The minimum atomic E-state index is -0.311. The maximum absolute atomic E-state index is 15.0. The summed E-state index contributed by atoms with van der Waals surface area (Å²) in [6, 6.07) is 12.9. The normalized spacial score (nSPS) is 18.8. The summed E-state index contributed by atoms with van der Waals surface area (Å²) in [5.41, 5.74) is 2.19. The number of benzene rings is 2. The minimum Gasteiger partial charge on any atom is -0.492 e. The van der Waals surface area contributed by atoms with Gasteiger partial charge in [0.1, 0.15) is 18.2 Å². The van der Waals surface area contributed by atoms with E-state index in [9.17, 15) is 9.18 Å². The van der Waals surface area contributed by atoms with Crippen LogP contribution in [0.4, 0.5) is 4.39 Å². The minimum absolute atomic E-state index is 0.0322. The molecule has 2 aromatic rings. The third-order valence-electron chi connectivity index (χ3n) is 7.56. The maximum atomic E-state index is 15.0. The number of hydrogen-bond acceptors (Lipinski definition) is 4. The number of nitrogens with one attached hydrogen (secondary N) is 1. The molecule has 1 atom stereocenters. The second-order valence-electron chi connectivity index (χ2n) is 10.3. The van der Waals surface area contributed by atoms with E-state index in [1.165, 1.54) is 38.2 Å². The molecule has 1 saturated carbocycles. The number of amides is 1. The molecule has 35 heavy (non-hydrogen) atoms. The van der Waals surface area contributed by atoms with E-state index in [0.717, 1.165) is 43.9 Å². The Morgan fingerprint density at radius 2 is 1.86 bits per heavy atom. The van der Waals surface area contributed by atoms with E-state index in [4.69, 9.17) is 4.74 Å². The molecular formula is C29H40FN3O2. The summed E-state index contributed by atoms with van der Waals surface area (Å²) in [6.07, 6.45) is 6.54. The fraction of sp³-hybridized carbons (Fsp3) is 0.552. The first-order valence-corrected chi connectivity index (χ1v) is 13.2. The lowest BCUT2D eigenvalue weighted by molar-refractivity contribution is -0.121. The summed E-state index contributed by atoms with van der Waals surface area (Å²) in [7, 11) is 2.14. The number of likely N-dealkylation sites (N-methyl/N-ethyl adjacent to an activating group) is 1. The van der Waals surface area contributed by atoms with E-state index in [0.29, 0.717) is 30.3 Å². The van der Waals surface area contributed by atoms with Crippen molar-refractivity contribution in [3.63, 3.8) is 0 Å². The molecule has 1 aliphatic carbocycles. The summed E-state index contributed by atoms with van der Waals surface area (Å²) in [4.78, 5) is 17.3. The lowest BCUT2D eigenvalue weighted by atomic mass is 9.84. The van der Waals surface area contributed by atoms with Crippen molar-refractivity contribution in [1.82, 2.24) is 15.1 Å². The van der Waals surface area contributed by atoms with Gasteiger partial charge in [-0.25, -0.2) is 4.39 Å². The summed E-state index contributed by atoms with van der Waals surface area (Å²) >= 11 is 0. The molecule has 2 aliphatic rings. The fourth-order valence-corrected chi connectivity index (χ4v) is 5.28. The van der Waals surface area contributed by atoms with Gasteiger partial charge in [-0.3, -0.25) is 9.69 Å². The van der Waals surface area contributed by atoms with Gasteiger partial charge in [0.05, 0.1) is 6.42 Å². The van der Waals surface area contributed by atoms with Gasteiger partial charge in [0.25, 0.3) is 0 Å². The van der Waals surface area contributed by atoms with Crippen LogP contribution >= 0.6 is 0 Å². The number of carbonyl (C=O) groups is 1. The molecule has 2 fully saturated rings. The van der Waals surface area contributed by atoms with Gasteiger partial charge in [0.15, 0.2) is 0 Å². The van der Waals surface area contributed by atoms with Crippen LogP contribution in [0.25, 0.3) is 11.1 Å². The van der Waals surface area contributed by atoms with Gasteiger partial charge in [0.2, 0.25) is 5.91 Å². The highest BCUT2D eigenvalue weighted by molar-refractivity contribution is 5.79. The molecule has 1 amide bonds. The highest BCUT2D eigenvalue weighted by Gasteiger charge is 2.21. The van der Waals surface area contributed by atoms with E-state index in [2.05, 4.69) is 29.1 Å². The Morgan fingerprint density at radius 3 is 2.60 bits per heavy atom. The number of rotatable bonds is 9. The van der Waals surface area contributed by atoms with Crippen molar-refractivity contribution in [2.75, 3.05) is 46.4 Å². The number of ether oxygens (including phenoxy) is 1. The van der Waals surface area contributed by atoms with Crippen LogP contribution in [0, 0.1) is 11.7 Å². The van der Waals surface area contributed by atoms with Crippen LogP contribution in [-0.2, 0) is 11.2 Å². The first-order chi connectivity index (χ1) is 17.0. The van der Waals surface area contributed by atoms with Crippen LogP contribution in [0.2, 0.25) is 0 Å². The van der Waals surface area contributed by atoms with Crippen LogP contribution in [-0.4, -0.2) is 68.1 Å². The predicted molar refractivity (Wildman–Crippen MR) is 139 cm³/mol. The Labute approximate surface area is 209 Å². The quantitative estimate of drug-likeness (QED) is 0.562. The molecule has 0 spiro atoms. The van der Waals surface area contributed by atoms with E-state index < -0.39 is 0 Å². The second kappa shape index (κ2) is 12.5. The molecule has 1 heterocycles. The van der Waals surface area contributed by atoms with Gasteiger partial charge < -0.3 is 15.0 Å². The van der Waals surface area contributed by atoms with Crippen molar-refractivity contribution in [2.24, 2.45) is 5.92 Å². The molecule has 4 rings (SSSR count). The van der Waals surface area contributed by atoms with Crippen molar-refractivity contribution in [3.8, 4) is 16.9 Å². The van der Waals surface area contributed by atoms with Gasteiger partial charge in [0, 0.05) is 50.4 Å². The molecular weight excluding hydrogens is 441 g/mol. The first kappa shape index (κ1) is 25.6. The predicted octanol–water partition coefficient (Wildman–Crippen LogP) is 4.75. The van der Waals surface area contributed by atoms with Gasteiger partial charge in [-0.1, -0.05) is 43.5 Å². The standard InChI is InChI=1S/C29H40FN3O2/c1-22(24-8-4-3-5-9-24)31-29(34)20-23-7-6-10-25(19-23)27-12-11-26(21-28(27)30)35-18-17-33-15-13-32(2)14-16-33/h6-7,10-12,19,21-22,24H,3-5,8-9,13-18,20H2,1-2H3,(H,31,34)/t22-/m0/s1. The Morgan fingerprint density at radius 1 is 1.09 bits per heavy atom. The smallest absolute Gasteiger partial charge is 0.224 e. The van der Waals surface area contributed by atoms with Crippen LogP contribution in [0.1, 0.15) is 44.6 Å². The molecule has 5 nitrogen and oxygen atoms in total. The molecule has 1 saturated heterocycles. The highest BCUT2D eigenvalue weighted by atomic mass is 19.1. The Hall–Kier alpha value is -2.44. The average molecular weight is 482 g/mol. The van der Waals surface area contributed by atoms with Crippen molar-refractivity contribution in [1.29, 1.82) is 0 Å². The number of hydrogen-bond donors (Lipinski definition) is 1. The molecule has 0 radical (unpaired) electrons. The van der Waals surface area contributed by atoms with Gasteiger partial charge in [-0.2, -0.15) is 0 Å². The summed E-state index contributed by atoms with van der Waals surface area (Å²) in [6.45, 7) is 7.75. The average Bonchev–Trinajstić information content (AvgIpc) is 2.86. The lowest BCUT2D eigenvalue weighted by Crippen LogP contribution is -2.45. The number of piperazine rings is 1. The van der Waals surface area contributed by atoms with Crippen molar-refractivity contribution < 1.29 is 13.9 Å². The third kappa shape index (κ3) is 7.52. The molecule has 190 valence electrons. The first-order valence-electron chi connectivity index (χ1n) is 13.2.